The number of aromatic nitrogens is 2. The van der Waals surface area contributed by atoms with Gasteiger partial charge in [-0.2, -0.15) is 10.4 Å². The lowest BCUT2D eigenvalue weighted by Crippen LogP contribution is -2.24. The standard InChI is InChI=1S/C14H14FN5O/c15-12-4-10(7-17)3-11(5-12)9-20-14(21)6-13(8-19-20)18-2-1-16/h3-6,8,18H,1-2,9,16H2. The maximum absolute atomic E-state index is 13.3. The van der Waals surface area contributed by atoms with Crippen LogP contribution in [-0.4, -0.2) is 22.9 Å². The van der Waals surface area contributed by atoms with E-state index in [4.69, 9.17) is 11.0 Å². The summed E-state index contributed by atoms with van der Waals surface area (Å²) in [6.45, 7) is 1.09. The second kappa shape index (κ2) is 6.63. The van der Waals surface area contributed by atoms with Crippen LogP contribution in [0, 0.1) is 17.1 Å². The quantitative estimate of drug-likeness (QED) is 0.842. The van der Waals surface area contributed by atoms with Gasteiger partial charge in [-0.3, -0.25) is 4.79 Å². The zero-order valence-electron chi connectivity index (χ0n) is 11.2. The fourth-order valence-corrected chi connectivity index (χ4v) is 1.84. The van der Waals surface area contributed by atoms with Crippen molar-refractivity contribution < 1.29 is 4.39 Å². The number of hydrogen-bond donors (Lipinski definition) is 2. The lowest BCUT2D eigenvalue weighted by molar-refractivity contribution is 0.610. The summed E-state index contributed by atoms with van der Waals surface area (Å²) in [6, 6.07) is 7.20. The molecule has 108 valence electrons. The average molecular weight is 287 g/mol. The Balaban J connectivity index is 2.22. The number of benzene rings is 1. The number of nitrogens with zero attached hydrogens (tertiary/aromatic N) is 3. The molecule has 0 aliphatic heterocycles. The highest BCUT2D eigenvalue weighted by Gasteiger charge is 2.04. The number of hydrogen-bond acceptors (Lipinski definition) is 5. The van der Waals surface area contributed by atoms with Gasteiger partial charge in [-0.1, -0.05) is 0 Å². The Hall–Kier alpha value is -2.72. The second-order valence-corrected chi connectivity index (χ2v) is 4.42. The van der Waals surface area contributed by atoms with E-state index in [0.29, 0.717) is 24.3 Å². The van der Waals surface area contributed by atoms with Crippen molar-refractivity contribution >= 4 is 5.69 Å². The van der Waals surface area contributed by atoms with Gasteiger partial charge in [0.25, 0.3) is 5.56 Å². The van der Waals surface area contributed by atoms with Crippen LogP contribution in [0.5, 0.6) is 0 Å². The highest BCUT2D eigenvalue weighted by molar-refractivity contribution is 5.39. The molecule has 0 saturated carbocycles. The van der Waals surface area contributed by atoms with Gasteiger partial charge in [0.2, 0.25) is 0 Å². The maximum atomic E-state index is 13.3. The molecule has 6 nitrogen and oxygen atoms in total. The van der Waals surface area contributed by atoms with E-state index >= 15 is 0 Å². The number of nitriles is 1. The molecule has 0 spiro atoms. The molecule has 0 aliphatic carbocycles. The summed E-state index contributed by atoms with van der Waals surface area (Å²) in [4.78, 5) is 11.9. The van der Waals surface area contributed by atoms with Crippen molar-refractivity contribution in [2.24, 2.45) is 5.73 Å². The van der Waals surface area contributed by atoms with Crippen LogP contribution in [0.2, 0.25) is 0 Å². The third-order valence-electron chi connectivity index (χ3n) is 2.76. The molecular formula is C14H14FN5O. The van der Waals surface area contributed by atoms with Gasteiger partial charge in [0.1, 0.15) is 5.82 Å². The van der Waals surface area contributed by atoms with Crippen molar-refractivity contribution in [2.45, 2.75) is 6.54 Å². The van der Waals surface area contributed by atoms with Crippen LogP contribution < -0.4 is 16.6 Å². The summed E-state index contributed by atoms with van der Waals surface area (Å²) in [6.07, 6.45) is 1.50. The Morgan fingerprint density at radius 2 is 2.19 bits per heavy atom. The summed E-state index contributed by atoms with van der Waals surface area (Å²) in [5, 5.41) is 15.8. The van der Waals surface area contributed by atoms with Crippen molar-refractivity contribution in [3.8, 4) is 6.07 Å². The third kappa shape index (κ3) is 3.87. The zero-order chi connectivity index (χ0) is 15.2. The summed E-state index contributed by atoms with van der Waals surface area (Å²) < 4.78 is 14.5. The van der Waals surface area contributed by atoms with E-state index in [0.717, 1.165) is 6.07 Å². The Kier molecular flexibility index (Phi) is 4.64. The largest absolute Gasteiger partial charge is 0.382 e. The van der Waals surface area contributed by atoms with E-state index in [2.05, 4.69) is 10.4 Å². The number of nitrogens with one attached hydrogen (secondary N) is 1. The van der Waals surface area contributed by atoms with Gasteiger partial charge in [0, 0.05) is 19.2 Å². The maximum Gasteiger partial charge on any atom is 0.269 e. The van der Waals surface area contributed by atoms with E-state index in [9.17, 15) is 9.18 Å². The smallest absolute Gasteiger partial charge is 0.269 e. The molecule has 3 N–H and O–H groups in total. The minimum Gasteiger partial charge on any atom is -0.382 e. The van der Waals surface area contributed by atoms with Crippen LogP contribution in [-0.2, 0) is 6.54 Å². The minimum atomic E-state index is -0.515. The van der Waals surface area contributed by atoms with E-state index in [1.807, 2.05) is 6.07 Å². The number of halogens is 1. The molecule has 0 saturated heterocycles. The fourth-order valence-electron chi connectivity index (χ4n) is 1.84. The molecule has 0 aliphatic rings. The highest BCUT2D eigenvalue weighted by Crippen LogP contribution is 2.09. The van der Waals surface area contributed by atoms with Gasteiger partial charge in [-0.05, 0) is 23.8 Å². The molecule has 21 heavy (non-hydrogen) atoms. The van der Waals surface area contributed by atoms with Crippen molar-refractivity contribution in [2.75, 3.05) is 18.4 Å². The Morgan fingerprint density at radius 1 is 1.38 bits per heavy atom. The predicted molar refractivity (Wildman–Crippen MR) is 76.3 cm³/mol. The van der Waals surface area contributed by atoms with Crippen LogP contribution >= 0.6 is 0 Å². The van der Waals surface area contributed by atoms with Crippen LogP contribution in [0.1, 0.15) is 11.1 Å². The molecular weight excluding hydrogens is 273 g/mol. The molecule has 1 aromatic carbocycles. The van der Waals surface area contributed by atoms with Crippen molar-refractivity contribution in [3.05, 3.63) is 57.8 Å². The molecule has 1 aromatic heterocycles. The summed E-state index contributed by atoms with van der Waals surface area (Å²) in [5.74, 6) is -0.515. The van der Waals surface area contributed by atoms with Crippen molar-refractivity contribution in [1.29, 1.82) is 5.26 Å². The molecule has 2 aromatic rings. The summed E-state index contributed by atoms with van der Waals surface area (Å²) in [5.41, 5.74) is 6.33. The topological polar surface area (TPSA) is 96.7 Å². The van der Waals surface area contributed by atoms with Gasteiger partial charge in [-0.25, -0.2) is 9.07 Å². The molecule has 7 heteroatoms. The first kappa shape index (κ1) is 14.7. The highest BCUT2D eigenvalue weighted by atomic mass is 19.1. The van der Waals surface area contributed by atoms with Gasteiger partial charge in [0.05, 0.1) is 30.1 Å². The first-order valence-corrected chi connectivity index (χ1v) is 6.33. The van der Waals surface area contributed by atoms with Crippen molar-refractivity contribution in [3.63, 3.8) is 0 Å². The van der Waals surface area contributed by atoms with E-state index in [-0.39, 0.29) is 17.7 Å². The monoisotopic (exact) mass is 287 g/mol. The Morgan fingerprint density at radius 3 is 2.86 bits per heavy atom. The first-order valence-electron chi connectivity index (χ1n) is 6.33. The lowest BCUT2D eigenvalue weighted by Gasteiger charge is -2.08. The van der Waals surface area contributed by atoms with Crippen molar-refractivity contribution in [1.82, 2.24) is 9.78 Å². The lowest BCUT2D eigenvalue weighted by atomic mass is 10.1. The molecule has 0 atom stereocenters. The fraction of sp³-hybridized carbons (Fsp3) is 0.214. The van der Waals surface area contributed by atoms with Gasteiger partial charge >= 0.3 is 0 Å². The molecule has 0 amide bonds. The van der Waals surface area contributed by atoms with E-state index in [1.54, 1.807) is 0 Å². The van der Waals surface area contributed by atoms with E-state index in [1.165, 1.54) is 29.1 Å². The van der Waals surface area contributed by atoms with Crippen LogP contribution in [0.15, 0.2) is 35.3 Å². The summed E-state index contributed by atoms with van der Waals surface area (Å²) in [7, 11) is 0. The molecule has 0 unspecified atom stereocenters. The SMILES string of the molecule is N#Cc1cc(F)cc(Cn2ncc(NCCN)cc2=O)c1. The number of rotatable bonds is 5. The average Bonchev–Trinajstić information content (AvgIpc) is 2.47. The normalized spacial score (nSPS) is 10.1. The second-order valence-electron chi connectivity index (χ2n) is 4.42. The molecule has 0 fully saturated rings. The molecule has 0 bridgehead atoms. The first-order chi connectivity index (χ1) is 10.1. The Bertz CT molecular complexity index is 735. The minimum absolute atomic E-state index is 0.0996. The van der Waals surface area contributed by atoms with Crippen LogP contribution in [0.3, 0.4) is 0 Å². The molecule has 1 heterocycles. The van der Waals surface area contributed by atoms with Gasteiger partial charge in [-0.15, -0.1) is 0 Å². The number of nitrogens with two attached hydrogens (primary N) is 1. The van der Waals surface area contributed by atoms with Crippen LogP contribution in [0.25, 0.3) is 0 Å². The molecule has 0 radical (unpaired) electrons. The van der Waals surface area contributed by atoms with Gasteiger partial charge < -0.3 is 11.1 Å². The zero-order valence-corrected chi connectivity index (χ0v) is 11.2. The third-order valence-corrected chi connectivity index (χ3v) is 2.76. The van der Waals surface area contributed by atoms with E-state index < -0.39 is 5.82 Å². The Labute approximate surface area is 120 Å². The predicted octanol–water partition coefficient (Wildman–Crippen LogP) is 0.673. The van der Waals surface area contributed by atoms with Gasteiger partial charge in [0.15, 0.2) is 0 Å². The number of anilines is 1. The van der Waals surface area contributed by atoms with Crippen LogP contribution in [0.4, 0.5) is 10.1 Å². The summed E-state index contributed by atoms with van der Waals surface area (Å²) >= 11 is 0. The molecule has 2 rings (SSSR count).